The van der Waals surface area contributed by atoms with Crippen LogP contribution < -0.4 is 4.90 Å². The van der Waals surface area contributed by atoms with E-state index in [9.17, 15) is 0 Å². The van der Waals surface area contributed by atoms with Gasteiger partial charge in [-0.05, 0) is 166 Å². The molecule has 7 aliphatic rings. The lowest BCUT2D eigenvalue weighted by Gasteiger charge is -2.61. The number of hydrogen-bond acceptors (Lipinski definition) is 1. The van der Waals surface area contributed by atoms with Gasteiger partial charge in [-0.25, -0.2) is 0 Å². The molecule has 264 valence electrons. The smallest absolute Gasteiger partial charge is 0.0543 e. The van der Waals surface area contributed by atoms with Gasteiger partial charge in [0.1, 0.15) is 0 Å². The monoisotopic (exact) mass is 673 g/mol. The first kappa shape index (κ1) is 32.3. The maximum absolute atomic E-state index is 2.75. The third-order valence-electron chi connectivity index (χ3n) is 16.0. The van der Waals surface area contributed by atoms with Crippen LogP contribution in [-0.2, 0) is 27.1 Å². The number of fused-ring (bicyclic) bond motifs is 5. The first-order valence-electron chi connectivity index (χ1n) is 20.5. The van der Waals surface area contributed by atoms with E-state index >= 15 is 0 Å². The van der Waals surface area contributed by atoms with Crippen molar-refractivity contribution in [2.24, 2.45) is 23.7 Å². The minimum Gasteiger partial charge on any atom is -0.310 e. The standard InChI is InChI=1S/C50H59N/c1-46(2)21-22-48(5,6)41-30-35(19-20-38(41)46)51(43-18-12-16-40-45(43)49(7,8)24-23-47(40,3)4)42-17-11-15-39-44(42)36-13-9-10-14-37(36)50(39)33-26-31-25-32(28-33)29-34(50)27-31/h9-20,30-34H,21-29H2,1-8H3. The highest BCUT2D eigenvalue weighted by molar-refractivity contribution is 5.96. The van der Waals surface area contributed by atoms with E-state index in [-0.39, 0.29) is 27.1 Å². The molecule has 51 heavy (non-hydrogen) atoms. The van der Waals surface area contributed by atoms with Crippen molar-refractivity contribution >= 4 is 17.1 Å². The second kappa shape index (κ2) is 10.4. The fraction of sp³-hybridized carbons (Fsp3) is 0.520. The molecule has 4 saturated carbocycles. The molecule has 0 aromatic heterocycles. The zero-order chi connectivity index (χ0) is 35.3. The topological polar surface area (TPSA) is 3.24 Å². The van der Waals surface area contributed by atoms with Crippen LogP contribution in [0.1, 0.15) is 147 Å². The number of anilines is 3. The van der Waals surface area contributed by atoms with Gasteiger partial charge in [0.05, 0.1) is 11.4 Å². The highest BCUT2D eigenvalue weighted by atomic mass is 15.2. The third kappa shape index (κ3) is 4.33. The molecule has 1 spiro atoms. The Morgan fingerprint density at radius 3 is 1.71 bits per heavy atom. The Balaban J connectivity index is 1.28. The van der Waals surface area contributed by atoms with Gasteiger partial charge in [0.25, 0.3) is 0 Å². The molecule has 0 unspecified atom stereocenters. The van der Waals surface area contributed by atoms with Crippen LogP contribution in [0.2, 0.25) is 0 Å². The van der Waals surface area contributed by atoms with E-state index in [2.05, 4.69) is 139 Å². The third-order valence-corrected chi connectivity index (χ3v) is 16.0. The average Bonchev–Trinajstić information content (AvgIpc) is 3.39. The van der Waals surface area contributed by atoms with Crippen LogP contribution in [-0.4, -0.2) is 0 Å². The SMILES string of the molecule is CC1(C)CCC(C)(C)c2cc(N(c3cccc4c3-c3ccccc3C43C4CC5CC(C4)CC3C5)c3cccc4c3C(C)(C)CCC4(C)C)ccc21. The number of benzene rings is 4. The lowest BCUT2D eigenvalue weighted by Crippen LogP contribution is -2.55. The van der Waals surface area contributed by atoms with E-state index in [4.69, 9.17) is 0 Å². The van der Waals surface area contributed by atoms with Gasteiger partial charge in [-0.3, -0.25) is 0 Å². The van der Waals surface area contributed by atoms with Gasteiger partial charge in [-0.2, -0.15) is 0 Å². The molecule has 0 atom stereocenters. The number of nitrogens with zero attached hydrogens (tertiary/aromatic N) is 1. The molecule has 4 bridgehead atoms. The van der Waals surface area contributed by atoms with Gasteiger partial charge < -0.3 is 4.90 Å². The minimum absolute atomic E-state index is 0.0771. The van der Waals surface area contributed by atoms with Crippen LogP contribution in [0.25, 0.3) is 11.1 Å². The van der Waals surface area contributed by atoms with E-state index in [1.165, 1.54) is 103 Å². The summed E-state index contributed by atoms with van der Waals surface area (Å²) in [4.78, 5) is 2.75. The summed E-state index contributed by atoms with van der Waals surface area (Å²) in [6, 6.07) is 32.1. The predicted octanol–water partition coefficient (Wildman–Crippen LogP) is 13.6. The Morgan fingerprint density at radius 1 is 0.471 bits per heavy atom. The van der Waals surface area contributed by atoms with Crippen molar-refractivity contribution in [3.05, 3.63) is 112 Å². The van der Waals surface area contributed by atoms with Crippen LogP contribution in [0.5, 0.6) is 0 Å². The van der Waals surface area contributed by atoms with Crippen LogP contribution in [0.15, 0.2) is 78.9 Å². The number of rotatable bonds is 3. The fourth-order valence-corrected chi connectivity index (χ4v) is 13.4. The second-order valence-electron chi connectivity index (χ2n) is 20.7. The Kier molecular flexibility index (Phi) is 6.61. The molecule has 0 heterocycles. The summed E-state index contributed by atoms with van der Waals surface area (Å²) in [6.07, 6.45) is 12.0. The normalized spacial score (nSPS) is 30.7. The molecule has 0 aliphatic heterocycles. The Hall–Kier alpha value is -3.32. The molecule has 11 rings (SSSR count). The number of hydrogen-bond donors (Lipinski definition) is 0. The van der Waals surface area contributed by atoms with Crippen LogP contribution >= 0.6 is 0 Å². The zero-order valence-corrected chi connectivity index (χ0v) is 32.6. The first-order valence-corrected chi connectivity index (χ1v) is 20.5. The maximum atomic E-state index is 2.75. The van der Waals surface area contributed by atoms with Crippen molar-refractivity contribution < 1.29 is 0 Å². The van der Waals surface area contributed by atoms with Crippen molar-refractivity contribution in [2.45, 2.75) is 140 Å². The molecule has 0 radical (unpaired) electrons. The van der Waals surface area contributed by atoms with E-state index in [1.807, 2.05) is 0 Å². The van der Waals surface area contributed by atoms with E-state index in [0.29, 0.717) is 0 Å². The minimum atomic E-state index is 0.0771. The molecular weight excluding hydrogens is 615 g/mol. The van der Waals surface area contributed by atoms with Crippen LogP contribution in [0, 0.1) is 23.7 Å². The van der Waals surface area contributed by atoms with Gasteiger partial charge in [0, 0.05) is 16.7 Å². The summed E-state index contributed by atoms with van der Waals surface area (Å²) in [5.41, 5.74) is 17.2. The highest BCUT2D eigenvalue weighted by Gasteiger charge is 2.62. The molecular formula is C50H59N. The van der Waals surface area contributed by atoms with Crippen molar-refractivity contribution in [1.82, 2.24) is 0 Å². The second-order valence-corrected chi connectivity index (χ2v) is 20.7. The van der Waals surface area contributed by atoms with Crippen molar-refractivity contribution in [3.63, 3.8) is 0 Å². The van der Waals surface area contributed by atoms with Crippen LogP contribution in [0.4, 0.5) is 17.1 Å². The molecule has 0 amide bonds. The summed E-state index contributed by atoms with van der Waals surface area (Å²) in [5, 5.41) is 0. The average molecular weight is 674 g/mol. The molecule has 1 nitrogen and oxygen atoms in total. The Labute approximate surface area is 308 Å². The van der Waals surface area contributed by atoms with Gasteiger partial charge in [-0.15, -0.1) is 0 Å². The molecule has 1 heteroatoms. The van der Waals surface area contributed by atoms with Crippen molar-refractivity contribution in [2.75, 3.05) is 4.90 Å². The summed E-state index contributed by atoms with van der Waals surface area (Å²) >= 11 is 0. The largest absolute Gasteiger partial charge is 0.310 e. The highest BCUT2D eigenvalue weighted by Crippen LogP contribution is 2.70. The molecule has 7 aliphatic carbocycles. The van der Waals surface area contributed by atoms with E-state index < -0.39 is 0 Å². The maximum Gasteiger partial charge on any atom is 0.0543 e. The van der Waals surface area contributed by atoms with E-state index in [1.54, 1.807) is 16.7 Å². The lowest BCUT2D eigenvalue weighted by atomic mass is 9.43. The zero-order valence-electron chi connectivity index (χ0n) is 32.6. The molecule has 0 N–H and O–H groups in total. The van der Waals surface area contributed by atoms with Gasteiger partial charge in [0.15, 0.2) is 0 Å². The Morgan fingerprint density at radius 2 is 1.02 bits per heavy atom. The van der Waals surface area contributed by atoms with Crippen LogP contribution in [0.3, 0.4) is 0 Å². The van der Waals surface area contributed by atoms with E-state index in [0.717, 1.165) is 23.7 Å². The summed E-state index contributed by atoms with van der Waals surface area (Å²) in [7, 11) is 0. The van der Waals surface area contributed by atoms with Crippen molar-refractivity contribution in [1.29, 1.82) is 0 Å². The predicted molar refractivity (Wildman–Crippen MR) is 215 cm³/mol. The molecule has 4 fully saturated rings. The summed E-state index contributed by atoms with van der Waals surface area (Å²) in [5.74, 6) is 3.41. The lowest BCUT2D eigenvalue weighted by molar-refractivity contribution is -0.0399. The van der Waals surface area contributed by atoms with Gasteiger partial charge in [0.2, 0.25) is 0 Å². The van der Waals surface area contributed by atoms with Gasteiger partial charge >= 0.3 is 0 Å². The summed E-state index contributed by atoms with van der Waals surface area (Å²) < 4.78 is 0. The van der Waals surface area contributed by atoms with Gasteiger partial charge in [-0.1, -0.05) is 110 Å². The Bertz CT molecular complexity index is 2060. The molecule has 4 aromatic carbocycles. The first-order chi connectivity index (χ1) is 24.2. The summed E-state index contributed by atoms with van der Waals surface area (Å²) in [6.45, 7) is 19.9. The fourth-order valence-electron chi connectivity index (χ4n) is 13.4. The quantitative estimate of drug-likeness (QED) is 0.209. The molecule has 4 aromatic rings. The molecule has 0 saturated heterocycles. The van der Waals surface area contributed by atoms with Crippen molar-refractivity contribution in [3.8, 4) is 11.1 Å².